The first-order chi connectivity index (χ1) is 15.8. The number of aromatic nitrogens is 1. The first-order valence-electron chi connectivity index (χ1n) is 10.5. The van der Waals surface area contributed by atoms with E-state index in [1.165, 1.54) is 13.0 Å². The number of hydrogen-bond donors (Lipinski definition) is 2. The number of piperazine rings is 1. The number of pyridine rings is 1. The molecule has 4 rings (SSSR count). The summed E-state index contributed by atoms with van der Waals surface area (Å²) in [6.45, 7) is 4.94. The summed E-state index contributed by atoms with van der Waals surface area (Å²) in [5, 5.41) is 7.53. The number of hydrogen-bond acceptors (Lipinski definition) is 6. The highest BCUT2D eigenvalue weighted by Crippen LogP contribution is 2.34. The Balaban J connectivity index is 1.60. The van der Waals surface area contributed by atoms with Crippen LogP contribution in [0.5, 0.6) is 23.3 Å². The number of nitrogens with two attached hydrogens (primary N) is 1. The summed E-state index contributed by atoms with van der Waals surface area (Å²) >= 11 is 0. The molecule has 0 aliphatic carbocycles. The van der Waals surface area contributed by atoms with E-state index in [9.17, 15) is 8.78 Å². The molecule has 1 fully saturated rings. The van der Waals surface area contributed by atoms with Crippen LogP contribution in [0.4, 0.5) is 14.5 Å². The zero-order valence-electron chi connectivity index (χ0n) is 18.4. The van der Waals surface area contributed by atoms with E-state index in [2.05, 4.69) is 21.8 Å². The van der Waals surface area contributed by atoms with E-state index in [-0.39, 0.29) is 23.0 Å². The van der Waals surface area contributed by atoms with Gasteiger partial charge in [0.2, 0.25) is 0 Å². The van der Waals surface area contributed by atoms with E-state index in [4.69, 9.17) is 20.6 Å². The van der Waals surface area contributed by atoms with E-state index in [0.717, 1.165) is 31.9 Å². The van der Waals surface area contributed by atoms with Gasteiger partial charge in [-0.2, -0.15) is 4.98 Å². The van der Waals surface area contributed by atoms with Crippen LogP contribution in [-0.2, 0) is 0 Å². The third-order valence-electron chi connectivity index (χ3n) is 5.50. The van der Waals surface area contributed by atoms with E-state index >= 15 is 0 Å². The van der Waals surface area contributed by atoms with Crippen molar-refractivity contribution in [2.45, 2.75) is 6.92 Å². The lowest BCUT2D eigenvalue weighted by Gasteiger charge is -2.34. The number of rotatable bonds is 6. The molecule has 9 heteroatoms. The SMILES string of the molecule is Cc1c(F)c(Oc2cccc(C(=N)N)c2)nc(Oc2cccc(N3CCN(C)CC3)c2)c1F. The van der Waals surface area contributed by atoms with Crippen molar-refractivity contribution in [1.29, 1.82) is 5.41 Å². The summed E-state index contributed by atoms with van der Waals surface area (Å²) < 4.78 is 40.8. The van der Waals surface area contributed by atoms with Gasteiger partial charge in [-0.15, -0.1) is 0 Å². The molecule has 2 heterocycles. The molecule has 172 valence electrons. The van der Waals surface area contributed by atoms with Crippen LogP contribution in [0, 0.1) is 24.0 Å². The molecular weight excluding hydrogens is 428 g/mol. The summed E-state index contributed by atoms with van der Waals surface area (Å²) in [6.07, 6.45) is 0. The number of likely N-dealkylation sites (N-methyl/N-ethyl adjacent to an activating group) is 1. The second-order valence-corrected chi connectivity index (χ2v) is 7.91. The Morgan fingerprint density at radius 3 is 2.12 bits per heavy atom. The van der Waals surface area contributed by atoms with Crippen LogP contribution < -0.4 is 20.1 Å². The monoisotopic (exact) mass is 453 g/mol. The number of nitrogen functional groups attached to an aromatic ring is 1. The summed E-state index contributed by atoms with van der Waals surface area (Å²) in [5.74, 6) is -2.21. The van der Waals surface area contributed by atoms with Crippen LogP contribution in [0.15, 0.2) is 48.5 Å². The van der Waals surface area contributed by atoms with E-state index in [1.54, 1.807) is 24.3 Å². The average molecular weight is 453 g/mol. The van der Waals surface area contributed by atoms with Gasteiger partial charge in [-0.25, -0.2) is 8.78 Å². The smallest absolute Gasteiger partial charge is 0.259 e. The third-order valence-corrected chi connectivity index (χ3v) is 5.50. The number of amidine groups is 1. The third kappa shape index (κ3) is 5.04. The molecule has 0 unspecified atom stereocenters. The second kappa shape index (κ2) is 9.41. The van der Waals surface area contributed by atoms with Crippen LogP contribution in [0.3, 0.4) is 0 Å². The molecule has 2 aromatic carbocycles. The molecule has 0 amide bonds. The second-order valence-electron chi connectivity index (χ2n) is 7.91. The number of halogens is 2. The minimum Gasteiger partial charge on any atom is -0.436 e. The van der Waals surface area contributed by atoms with Gasteiger partial charge >= 0.3 is 0 Å². The van der Waals surface area contributed by atoms with E-state index in [1.807, 2.05) is 18.2 Å². The molecular formula is C24H25F2N5O2. The van der Waals surface area contributed by atoms with Crippen molar-refractivity contribution in [3.63, 3.8) is 0 Å². The van der Waals surface area contributed by atoms with Crippen molar-refractivity contribution >= 4 is 11.5 Å². The predicted octanol–water partition coefficient (Wildman–Crippen LogP) is 4.29. The highest BCUT2D eigenvalue weighted by atomic mass is 19.1. The molecule has 1 aromatic heterocycles. The van der Waals surface area contributed by atoms with Gasteiger partial charge in [0.1, 0.15) is 17.3 Å². The van der Waals surface area contributed by atoms with Gasteiger partial charge in [-0.1, -0.05) is 18.2 Å². The van der Waals surface area contributed by atoms with Crippen LogP contribution in [0.2, 0.25) is 0 Å². The molecule has 0 bridgehead atoms. The number of nitrogens with one attached hydrogen (secondary N) is 1. The Bertz CT molecular complexity index is 1180. The van der Waals surface area contributed by atoms with Crippen molar-refractivity contribution in [3.8, 4) is 23.3 Å². The van der Waals surface area contributed by atoms with Crippen molar-refractivity contribution in [3.05, 3.63) is 71.3 Å². The maximum atomic E-state index is 14.8. The largest absolute Gasteiger partial charge is 0.436 e. The first-order valence-corrected chi connectivity index (χ1v) is 10.5. The van der Waals surface area contributed by atoms with Crippen molar-refractivity contribution in [2.75, 3.05) is 38.1 Å². The fraction of sp³-hybridized carbons (Fsp3) is 0.250. The topological polar surface area (TPSA) is 87.7 Å². The van der Waals surface area contributed by atoms with Crippen LogP contribution in [0.25, 0.3) is 0 Å². The number of benzene rings is 2. The molecule has 0 radical (unpaired) electrons. The molecule has 33 heavy (non-hydrogen) atoms. The Hall–Kier alpha value is -3.72. The van der Waals surface area contributed by atoms with E-state index in [0.29, 0.717) is 11.3 Å². The minimum absolute atomic E-state index is 0.159. The molecule has 3 N–H and O–H groups in total. The predicted molar refractivity (Wildman–Crippen MR) is 123 cm³/mol. The van der Waals surface area contributed by atoms with Gasteiger partial charge in [0, 0.05) is 49.1 Å². The molecule has 1 saturated heterocycles. The van der Waals surface area contributed by atoms with Gasteiger partial charge in [-0.05, 0) is 38.2 Å². The van der Waals surface area contributed by atoms with Crippen LogP contribution in [0.1, 0.15) is 11.1 Å². The zero-order valence-corrected chi connectivity index (χ0v) is 18.4. The standard InChI is InChI=1S/C24H25F2N5O2/c1-15-20(25)23(32-18-7-3-5-16(13-18)22(27)28)29-24(21(15)26)33-19-8-4-6-17(14-19)31-11-9-30(2)10-12-31/h3-8,13-14H,9-12H2,1-2H3,(H3,27,28). The lowest BCUT2D eigenvalue weighted by molar-refractivity contribution is 0.312. The molecule has 0 atom stereocenters. The van der Waals surface area contributed by atoms with Crippen molar-refractivity contribution < 1.29 is 18.3 Å². The lowest BCUT2D eigenvalue weighted by atomic mass is 10.2. The van der Waals surface area contributed by atoms with Gasteiger partial charge in [0.25, 0.3) is 11.8 Å². The molecule has 1 aliphatic rings. The van der Waals surface area contributed by atoms with Crippen LogP contribution in [-0.4, -0.2) is 48.9 Å². The summed E-state index contributed by atoms with van der Waals surface area (Å²) in [5.41, 5.74) is 6.59. The summed E-state index contributed by atoms with van der Waals surface area (Å²) in [7, 11) is 2.08. The summed E-state index contributed by atoms with van der Waals surface area (Å²) in [6, 6.07) is 13.6. The van der Waals surface area contributed by atoms with Gasteiger partial charge in [-0.3, -0.25) is 5.41 Å². The zero-order chi connectivity index (χ0) is 23.5. The van der Waals surface area contributed by atoms with Crippen molar-refractivity contribution in [2.24, 2.45) is 5.73 Å². The quantitative estimate of drug-likeness (QED) is 0.428. The molecule has 0 spiro atoms. The Morgan fingerprint density at radius 2 is 1.52 bits per heavy atom. The number of anilines is 1. The fourth-order valence-electron chi connectivity index (χ4n) is 3.50. The van der Waals surface area contributed by atoms with Crippen molar-refractivity contribution in [1.82, 2.24) is 9.88 Å². The highest BCUT2D eigenvalue weighted by Gasteiger charge is 2.21. The van der Waals surface area contributed by atoms with Gasteiger partial charge in [0.15, 0.2) is 11.6 Å². The Morgan fingerprint density at radius 1 is 0.939 bits per heavy atom. The molecule has 7 nitrogen and oxygen atoms in total. The van der Waals surface area contributed by atoms with Gasteiger partial charge < -0.3 is 25.0 Å². The highest BCUT2D eigenvalue weighted by molar-refractivity contribution is 5.95. The maximum Gasteiger partial charge on any atom is 0.259 e. The number of nitrogens with zero attached hydrogens (tertiary/aromatic N) is 3. The molecule has 3 aromatic rings. The first kappa shape index (κ1) is 22.5. The summed E-state index contributed by atoms with van der Waals surface area (Å²) in [4.78, 5) is 8.43. The fourth-order valence-corrected chi connectivity index (χ4v) is 3.50. The van der Waals surface area contributed by atoms with Gasteiger partial charge in [0.05, 0.1) is 0 Å². The number of ether oxygens (including phenoxy) is 2. The average Bonchev–Trinajstić information content (AvgIpc) is 2.81. The Labute approximate surface area is 190 Å². The normalized spacial score (nSPS) is 14.2. The minimum atomic E-state index is -0.931. The lowest BCUT2D eigenvalue weighted by Crippen LogP contribution is -2.44. The maximum absolute atomic E-state index is 14.8. The van der Waals surface area contributed by atoms with E-state index < -0.39 is 17.5 Å². The molecule has 0 saturated carbocycles. The Kier molecular flexibility index (Phi) is 6.41. The van der Waals surface area contributed by atoms with Crippen LogP contribution >= 0.6 is 0 Å². The molecule has 1 aliphatic heterocycles.